The fourth-order valence-electron chi connectivity index (χ4n) is 3.67. The van der Waals surface area contributed by atoms with E-state index in [2.05, 4.69) is 25.3 Å². The van der Waals surface area contributed by atoms with Crippen molar-refractivity contribution in [3.05, 3.63) is 83.3 Å². The molecule has 0 aliphatic carbocycles. The summed E-state index contributed by atoms with van der Waals surface area (Å²) < 4.78 is 46.8. The number of aryl methyl sites for hydroxylation is 2. The summed E-state index contributed by atoms with van der Waals surface area (Å²) in [5.74, 6) is 1.56. The molecule has 1 aromatic carbocycles. The van der Waals surface area contributed by atoms with E-state index in [-0.39, 0.29) is 12.1 Å². The van der Waals surface area contributed by atoms with Crippen LogP contribution in [0.5, 0.6) is 0 Å². The molecule has 0 radical (unpaired) electrons. The Morgan fingerprint density at radius 1 is 1.24 bits per heavy atom. The molecule has 0 unspecified atom stereocenters. The number of aromatic nitrogens is 3. The zero-order valence-corrected chi connectivity index (χ0v) is 18.4. The molecule has 10 heteroatoms. The van der Waals surface area contributed by atoms with Crippen LogP contribution in [-0.2, 0) is 25.6 Å². The molecule has 0 amide bonds. The molecule has 0 atom stereocenters. The Morgan fingerprint density at radius 3 is 2.79 bits per heavy atom. The first-order chi connectivity index (χ1) is 16.4. The maximum absolute atomic E-state index is 13.8. The Hall–Kier alpha value is -4.08. The molecule has 0 aliphatic heterocycles. The van der Waals surface area contributed by atoms with Crippen molar-refractivity contribution in [3.63, 3.8) is 0 Å². The zero-order chi connectivity index (χ0) is 24.1. The number of furan rings is 1. The maximum Gasteiger partial charge on any atom is 0.416 e. The van der Waals surface area contributed by atoms with Crippen molar-refractivity contribution in [1.82, 2.24) is 15.0 Å². The van der Waals surface area contributed by atoms with Gasteiger partial charge in [-0.1, -0.05) is 12.1 Å². The highest BCUT2D eigenvalue weighted by molar-refractivity contribution is 6.06. The Labute approximate surface area is 193 Å². The number of nitrogens with zero attached hydrogens (tertiary/aromatic N) is 2. The number of benzene rings is 1. The lowest BCUT2D eigenvalue weighted by Crippen LogP contribution is -2.63. The summed E-state index contributed by atoms with van der Waals surface area (Å²) in [6.45, 7) is -0.0353. The van der Waals surface area contributed by atoms with Crippen LogP contribution in [0.4, 0.5) is 18.9 Å². The van der Waals surface area contributed by atoms with Crippen LogP contribution in [0.3, 0.4) is 0 Å². The van der Waals surface area contributed by atoms with E-state index in [1.807, 2.05) is 12.1 Å². The zero-order valence-electron chi connectivity index (χ0n) is 18.4. The second-order valence-electron chi connectivity index (χ2n) is 7.60. The van der Waals surface area contributed by atoms with Gasteiger partial charge in [0.25, 0.3) is 0 Å². The minimum atomic E-state index is -4.52. The van der Waals surface area contributed by atoms with Crippen LogP contribution in [0.1, 0.15) is 28.3 Å². The van der Waals surface area contributed by atoms with Gasteiger partial charge in [-0.2, -0.15) is 13.2 Å². The average Bonchev–Trinajstić information content (AvgIpc) is 3.49. The molecule has 34 heavy (non-hydrogen) atoms. The summed E-state index contributed by atoms with van der Waals surface area (Å²) >= 11 is 0. The van der Waals surface area contributed by atoms with E-state index < -0.39 is 11.7 Å². The molecule has 0 aliphatic rings. The van der Waals surface area contributed by atoms with Crippen LogP contribution in [0.15, 0.2) is 59.5 Å². The number of fused-ring (bicyclic) bond motifs is 1. The van der Waals surface area contributed by atoms with Gasteiger partial charge >= 0.3 is 6.18 Å². The van der Waals surface area contributed by atoms with Gasteiger partial charge in [-0.05, 0) is 35.4 Å². The molecule has 0 saturated heterocycles. The third-order valence-corrected chi connectivity index (χ3v) is 5.33. The van der Waals surface area contributed by atoms with Crippen LogP contribution in [0, 0.1) is 0 Å². The Kier molecular flexibility index (Phi) is 6.67. The van der Waals surface area contributed by atoms with Gasteiger partial charge < -0.3 is 20.5 Å². The van der Waals surface area contributed by atoms with E-state index in [0.717, 1.165) is 17.7 Å². The van der Waals surface area contributed by atoms with Gasteiger partial charge in [-0.3, -0.25) is 4.99 Å². The smallest absolute Gasteiger partial charge is 0.416 e. The van der Waals surface area contributed by atoms with Crippen molar-refractivity contribution in [2.24, 2.45) is 5.73 Å². The molecule has 7 nitrogen and oxygen atoms in total. The van der Waals surface area contributed by atoms with Crippen molar-refractivity contribution >= 4 is 28.6 Å². The minimum absolute atomic E-state index is 0.0353. The molecule has 0 spiro atoms. The highest BCUT2D eigenvalue weighted by Gasteiger charge is 2.33. The lowest BCUT2D eigenvalue weighted by molar-refractivity contribution is -0.412. The summed E-state index contributed by atoms with van der Waals surface area (Å²) in [5.41, 5.74) is 7.54. The molecule has 3 aromatic heterocycles. The second kappa shape index (κ2) is 9.82. The number of alkyl halides is 3. The van der Waals surface area contributed by atoms with Crippen molar-refractivity contribution < 1.29 is 22.6 Å². The Morgan fingerprint density at radius 2 is 2.09 bits per heavy atom. The van der Waals surface area contributed by atoms with Crippen molar-refractivity contribution in [2.45, 2.75) is 25.6 Å². The molecule has 3 heterocycles. The number of halogens is 3. The first-order valence-electron chi connectivity index (χ1n) is 10.6. The number of pyridine rings is 1. The summed E-state index contributed by atoms with van der Waals surface area (Å²) in [6.07, 6.45) is 2.76. The van der Waals surface area contributed by atoms with E-state index in [1.54, 1.807) is 37.9 Å². The second-order valence-corrected chi connectivity index (χ2v) is 7.60. The van der Waals surface area contributed by atoms with E-state index in [1.165, 1.54) is 12.3 Å². The lowest BCUT2D eigenvalue weighted by Gasteiger charge is -2.16. The van der Waals surface area contributed by atoms with Crippen LogP contribution >= 0.6 is 0 Å². The number of nitrogens with one attached hydrogen (secondary N) is 3. The first kappa shape index (κ1) is 23.1. The first-order valence-corrected chi connectivity index (χ1v) is 10.6. The lowest BCUT2D eigenvalue weighted by atomic mass is 9.99. The van der Waals surface area contributed by atoms with Gasteiger partial charge in [0, 0.05) is 31.8 Å². The SMILES string of the molecule is C[NH+]=C/C(=C\N)c1ccc(CNc2ccnc3nc(CCc4ccco4)[nH]c23)c(C(F)(F)F)c1. The fraction of sp³-hybridized carbons (Fsp3) is 0.208. The summed E-state index contributed by atoms with van der Waals surface area (Å²) in [4.78, 5) is 14.8. The van der Waals surface area contributed by atoms with Crippen molar-refractivity contribution in [2.75, 3.05) is 12.4 Å². The van der Waals surface area contributed by atoms with Crippen molar-refractivity contribution in [3.8, 4) is 0 Å². The average molecular weight is 469 g/mol. The van der Waals surface area contributed by atoms with Crippen LogP contribution < -0.4 is 16.0 Å². The highest BCUT2D eigenvalue weighted by atomic mass is 19.4. The number of aromatic amines is 1. The number of imidazole rings is 1. The number of H-pyrrole nitrogens is 1. The summed E-state index contributed by atoms with van der Waals surface area (Å²) in [6, 6.07) is 9.60. The number of allylic oxidation sites excluding steroid dienone is 1. The third kappa shape index (κ3) is 5.11. The number of hydrogen-bond donors (Lipinski definition) is 4. The maximum atomic E-state index is 13.8. The van der Waals surface area contributed by atoms with E-state index >= 15 is 0 Å². The number of rotatable bonds is 8. The normalized spacial score (nSPS) is 12.6. The largest absolute Gasteiger partial charge is 0.469 e. The van der Waals surface area contributed by atoms with Gasteiger partial charge in [0.05, 0.1) is 23.1 Å². The van der Waals surface area contributed by atoms with E-state index in [0.29, 0.717) is 40.8 Å². The molecule has 5 N–H and O–H groups in total. The minimum Gasteiger partial charge on any atom is -0.469 e. The summed E-state index contributed by atoms with van der Waals surface area (Å²) in [5, 5.41) is 3.10. The van der Waals surface area contributed by atoms with Crippen molar-refractivity contribution in [1.29, 1.82) is 0 Å². The van der Waals surface area contributed by atoms with Crippen LogP contribution in [-0.4, -0.2) is 28.2 Å². The fourth-order valence-corrected chi connectivity index (χ4v) is 3.67. The predicted molar refractivity (Wildman–Crippen MR) is 124 cm³/mol. The molecule has 0 bridgehead atoms. The predicted octanol–water partition coefficient (Wildman–Crippen LogP) is 3.05. The molecular formula is C24H24F3N6O+. The molecular weight excluding hydrogens is 445 g/mol. The number of nitrogens with two attached hydrogens (primary N) is 1. The van der Waals surface area contributed by atoms with E-state index in [9.17, 15) is 13.2 Å². The molecule has 176 valence electrons. The monoisotopic (exact) mass is 469 g/mol. The summed E-state index contributed by atoms with van der Waals surface area (Å²) in [7, 11) is 1.65. The van der Waals surface area contributed by atoms with Gasteiger partial charge in [0.15, 0.2) is 11.9 Å². The Balaban J connectivity index is 1.57. The molecule has 4 rings (SSSR count). The number of anilines is 1. The molecule has 4 aromatic rings. The van der Waals surface area contributed by atoms with Gasteiger partial charge in [0.1, 0.15) is 24.1 Å². The third-order valence-electron chi connectivity index (χ3n) is 5.33. The number of hydrogen-bond acceptors (Lipinski definition) is 5. The Bertz CT molecular complexity index is 1320. The topological polar surface area (TPSA) is 107 Å². The van der Waals surface area contributed by atoms with Gasteiger partial charge in [0.2, 0.25) is 0 Å². The van der Waals surface area contributed by atoms with Crippen LogP contribution in [0.2, 0.25) is 0 Å². The van der Waals surface area contributed by atoms with E-state index in [4.69, 9.17) is 10.2 Å². The van der Waals surface area contributed by atoms with Gasteiger partial charge in [-0.25, -0.2) is 9.97 Å². The molecule has 0 saturated carbocycles. The quantitative estimate of drug-likeness (QED) is 0.297. The molecule has 0 fully saturated rings. The van der Waals surface area contributed by atoms with Gasteiger partial charge in [-0.15, -0.1) is 0 Å². The van der Waals surface area contributed by atoms with Crippen LogP contribution in [0.25, 0.3) is 16.7 Å². The standard InChI is InChI=1S/C24H23F3N6O/c1-29-13-17(12-28)15-4-5-16(19(11-15)24(25,26)27)14-31-20-8-9-30-23-22(20)32-21(33-23)7-6-18-3-2-10-34-18/h2-5,8-13H,6-7,14,28H2,1H3,(H2,30,31,32,33)/p+1/b17-12+,29-13?. The highest BCUT2D eigenvalue weighted by Crippen LogP contribution is 2.34.